The van der Waals surface area contributed by atoms with E-state index in [2.05, 4.69) is 291 Å². The first kappa shape index (κ1) is 43.8. The van der Waals surface area contributed by atoms with Crippen LogP contribution in [0.4, 0.5) is 45.5 Å². The number of allylic oxidation sites excluding steroid dienone is 3. The highest BCUT2D eigenvalue weighted by molar-refractivity contribution is 6.89. The van der Waals surface area contributed by atoms with Crippen LogP contribution in [-0.4, -0.2) is 16.1 Å². The lowest BCUT2D eigenvalue weighted by Crippen LogP contribution is -2.41. The summed E-state index contributed by atoms with van der Waals surface area (Å²) in [5.41, 5.74) is 15.3. The summed E-state index contributed by atoms with van der Waals surface area (Å²) in [5.74, 6) is 0.0882. The molecular formula is C65H59N3Si2. The molecule has 5 heteroatoms. The molecule has 0 N–H and O–H groups in total. The Balaban J connectivity index is 1.17. The van der Waals surface area contributed by atoms with Gasteiger partial charge < -0.3 is 14.7 Å². The molecule has 0 saturated heterocycles. The van der Waals surface area contributed by atoms with Crippen molar-refractivity contribution in [2.75, 3.05) is 14.7 Å². The molecule has 0 radical (unpaired) electrons. The van der Waals surface area contributed by atoms with Crippen LogP contribution in [0.5, 0.6) is 0 Å². The molecule has 0 bridgehead atoms. The maximum atomic E-state index is 2.65. The van der Waals surface area contributed by atoms with E-state index in [0.29, 0.717) is 0 Å². The minimum absolute atomic E-state index is 0.00931. The molecule has 0 saturated carbocycles. The van der Waals surface area contributed by atoms with E-state index in [4.69, 9.17) is 0 Å². The average Bonchev–Trinajstić information content (AvgIpc) is 3.67. The van der Waals surface area contributed by atoms with Gasteiger partial charge in [0.15, 0.2) is 0 Å². The summed E-state index contributed by atoms with van der Waals surface area (Å²) >= 11 is 0. The normalized spacial score (nSPS) is 16.5. The molecule has 2 atom stereocenters. The van der Waals surface area contributed by atoms with Gasteiger partial charge >= 0.3 is 0 Å². The third kappa shape index (κ3) is 7.05. The highest BCUT2D eigenvalue weighted by Gasteiger charge is 2.58. The fraction of sp³-hybridized carbons (Fsp3) is 0.138. The molecule has 0 amide bonds. The molecule has 9 aromatic carbocycles. The molecule has 2 unspecified atom stereocenters. The fourth-order valence-electron chi connectivity index (χ4n) is 11.9. The predicted octanol–water partition coefficient (Wildman–Crippen LogP) is 16.5. The van der Waals surface area contributed by atoms with Crippen LogP contribution in [0.2, 0.25) is 39.3 Å². The smallest absolute Gasteiger partial charge is 0.0775 e. The summed E-state index contributed by atoms with van der Waals surface area (Å²) in [5, 5.41) is 5.45. The molecular weight excluding hydrogens is 879 g/mol. The average molecular weight is 938 g/mol. The number of para-hydroxylation sites is 5. The second-order valence-electron chi connectivity index (χ2n) is 21.4. The van der Waals surface area contributed by atoms with Gasteiger partial charge in [0.05, 0.1) is 38.6 Å². The molecule has 3 nitrogen and oxygen atoms in total. The molecule has 9 aromatic rings. The first-order valence-electron chi connectivity index (χ1n) is 24.9. The number of rotatable bonds is 9. The molecule has 12 rings (SSSR count). The number of benzene rings is 9. The number of hydrogen-bond donors (Lipinski definition) is 0. The van der Waals surface area contributed by atoms with Gasteiger partial charge in [-0.3, -0.25) is 0 Å². The van der Waals surface area contributed by atoms with Gasteiger partial charge in [-0.1, -0.05) is 201 Å². The highest BCUT2D eigenvalue weighted by atomic mass is 28.3. The lowest BCUT2D eigenvalue weighted by molar-refractivity contribution is 0.451. The minimum atomic E-state index is -1.55. The van der Waals surface area contributed by atoms with Crippen LogP contribution in [0, 0.1) is 5.92 Å². The van der Waals surface area contributed by atoms with Gasteiger partial charge in [0.1, 0.15) is 0 Å². The van der Waals surface area contributed by atoms with E-state index < -0.39 is 21.6 Å². The maximum absolute atomic E-state index is 2.65. The van der Waals surface area contributed by atoms with Gasteiger partial charge in [-0.15, -0.1) is 0 Å². The Kier molecular flexibility index (Phi) is 10.6. The topological polar surface area (TPSA) is 9.72 Å². The Morgan fingerprint density at radius 2 is 0.871 bits per heavy atom. The zero-order valence-electron chi connectivity index (χ0n) is 41.0. The first-order valence-corrected chi connectivity index (χ1v) is 31.9. The quantitative estimate of drug-likeness (QED) is 0.134. The Morgan fingerprint density at radius 1 is 0.429 bits per heavy atom. The van der Waals surface area contributed by atoms with E-state index in [-0.39, 0.29) is 11.8 Å². The molecule has 3 aliphatic rings. The molecule has 2 aliphatic carbocycles. The lowest BCUT2D eigenvalue weighted by Gasteiger charge is -2.48. The van der Waals surface area contributed by atoms with Crippen molar-refractivity contribution in [3.05, 3.63) is 265 Å². The number of anilines is 8. The highest BCUT2D eigenvalue weighted by Crippen LogP contribution is 2.68. The molecule has 0 fully saturated rings. The zero-order valence-corrected chi connectivity index (χ0v) is 43.0. The second kappa shape index (κ2) is 16.9. The molecule has 342 valence electrons. The van der Waals surface area contributed by atoms with Gasteiger partial charge in [0.2, 0.25) is 0 Å². The number of nitrogens with zero attached hydrogens (tertiary/aromatic N) is 3. The van der Waals surface area contributed by atoms with Crippen molar-refractivity contribution in [2.45, 2.75) is 50.6 Å². The summed E-state index contributed by atoms with van der Waals surface area (Å²) in [6.45, 7) is 14.6. The van der Waals surface area contributed by atoms with Crippen LogP contribution in [0.25, 0.3) is 10.8 Å². The Bertz CT molecular complexity index is 3410. The van der Waals surface area contributed by atoms with E-state index in [1.165, 1.54) is 66.2 Å². The van der Waals surface area contributed by atoms with Gasteiger partial charge in [-0.2, -0.15) is 0 Å². The Morgan fingerprint density at radius 3 is 1.41 bits per heavy atom. The van der Waals surface area contributed by atoms with Crippen LogP contribution in [0.15, 0.2) is 242 Å². The molecule has 1 heterocycles. The SMILES string of the molecule is C[Si](C)(C)c1ccc(N(C2=CC3C(C=C2)c2c(cc(N(c4ccccc4)c4ccc([Si](C)(C)C)cc4)c4ccccc24)C32c3ccccc3N(c3ccccc3)c3ccccc32)c2ccccc2)cc1. The van der Waals surface area contributed by atoms with E-state index in [0.717, 1.165) is 28.4 Å². The fourth-order valence-corrected chi connectivity index (χ4v) is 14.3. The second-order valence-corrected chi connectivity index (χ2v) is 31.5. The Labute approximate surface area is 416 Å². The monoisotopic (exact) mass is 937 g/mol. The van der Waals surface area contributed by atoms with Crippen LogP contribution < -0.4 is 25.1 Å². The van der Waals surface area contributed by atoms with Crippen molar-refractivity contribution in [2.24, 2.45) is 5.92 Å². The molecule has 70 heavy (non-hydrogen) atoms. The van der Waals surface area contributed by atoms with Crippen molar-refractivity contribution in [1.82, 2.24) is 0 Å². The minimum Gasteiger partial charge on any atom is -0.311 e. The lowest BCUT2D eigenvalue weighted by atomic mass is 9.60. The van der Waals surface area contributed by atoms with Crippen molar-refractivity contribution in [3.8, 4) is 0 Å². The standard InChI is InChI=1S/C65H59N3Si2/c1-69(2,3)52-39-34-49(35-40-52)66(46-22-10-7-11-23-46)51-38-43-56-59(44-51)65(57-30-18-20-32-61(57)68(48-26-14-9-15-27-48)62-33-21-19-31-58(62)65)60-45-63(54-28-16-17-29-55(54)64(56)60)67(47-24-12-8-13-25-47)50-36-41-53(42-37-50)70(4,5)6/h7-45,56,59H,1-6H3. The van der Waals surface area contributed by atoms with Crippen LogP contribution in [0.1, 0.15) is 28.2 Å². The van der Waals surface area contributed by atoms with E-state index in [1.807, 2.05) is 0 Å². The summed E-state index contributed by atoms with van der Waals surface area (Å²) in [6, 6.07) is 82.2. The van der Waals surface area contributed by atoms with E-state index in [1.54, 1.807) is 0 Å². The van der Waals surface area contributed by atoms with Crippen LogP contribution in [-0.2, 0) is 5.41 Å². The van der Waals surface area contributed by atoms with Gasteiger partial charge in [-0.05, 0) is 113 Å². The largest absolute Gasteiger partial charge is 0.311 e. The van der Waals surface area contributed by atoms with Crippen LogP contribution in [0.3, 0.4) is 0 Å². The van der Waals surface area contributed by atoms with Gasteiger partial charge in [0.25, 0.3) is 0 Å². The third-order valence-corrected chi connectivity index (χ3v) is 19.3. The van der Waals surface area contributed by atoms with Crippen LogP contribution >= 0.6 is 0 Å². The summed E-state index contributed by atoms with van der Waals surface area (Å²) in [6.07, 6.45) is 7.61. The van der Waals surface area contributed by atoms with Crippen molar-refractivity contribution in [3.63, 3.8) is 0 Å². The Hall–Kier alpha value is -7.45. The predicted molar refractivity (Wildman–Crippen MR) is 304 cm³/mol. The number of fused-ring (bicyclic) bond motifs is 11. The van der Waals surface area contributed by atoms with E-state index >= 15 is 0 Å². The molecule has 0 aromatic heterocycles. The number of hydrogen-bond acceptors (Lipinski definition) is 3. The third-order valence-electron chi connectivity index (χ3n) is 15.2. The molecule has 1 aliphatic heterocycles. The van der Waals surface area contributed by atoms with Crippen molar-refractivity contribution < 1.29 is 0 Å². The van der Waals surface area contributed by atoms with Gasteiger partial charge in [-0.25, -0.2) is 0 Å². The van der Waals surface area contributed by atoms with Crippen molar-refractivity contribution >= 4 is 82.8 Å². The van der Waals surface area contributed by atoms with Crippen molar-refractivity contribution in [1.29, 1.82) is 0 Å². The maximum Gasteiger partial charge on any atom is 0.0775 e. The molecule has 1 spiro atoms. The van der Waals surface area contributed by atoms with Gasteiger partial charge in [0, 0.05) is 51.4 Å². The first-order chi connectivity index (χ1) is 34.0. The van der Waals surface area contributed by atoms with E-state index in [9.17, 15) is 0 Å². The summed E-state index contributed by atoms with van der Waals surface area (Å²) in [4.78, 5) is 7.50. The zero-order chi connectivity index (χ0) is 47.8. The summed E-state index contributed by atoms with van der Waals surface area (Å²) < 4.78 is 0. The summed E-state index contributed by atoms with van der Waals surface area (Å²) in [7, 11) is -3.08.